The second kappa shape index (κ2) is 6.18. The zero-order valence-corrected chi connectivity index (χ0v) is 12.2. The van der Waals surface area contributed by atoms with Crippen LogP contribution in [0.15, 0.2) is 35.7 Å². The highest BCUT2D eigenvalue weighted by molar-refractivity contribution is 7.09. The number of rotatable bonds is 6. The number of benzene rings is 1. The van der Waals surface area contributed by atoms with Crippen LogP contribution in [-0.4, -0.2) is 16.9 Å². The van der Waals surface area contributed by atoms with Gasteiger partial charge in [-0.2, -0.15) is 0 Å². The van der Waals surface area contributed by atoms with E-state index in [4.69, 9.17) is 0 Å². The van der Waals surface area contributed by atoms with Crippen molar-refractivity contribution >= 4 is 17.2 Å². The Morgan fingerprint density at radius 1 is 1.25 bits per heavy atom. The van der Waals surface area contributed by atoms with Gasteiger partial charge in [-0.15, -0.1) is 11.3 Å². The van der Waals surface area contributed by atoms with E-state index < -0.39 is 0 Å². The van der Waals surface area contributed by atoms with Gasteiger partial charge in [0.2, 0.25) is 5.91 Å². The Kier molecular flexibility index (Phi) is 4.11. The van der Waals surface area contributed by atoms with E-state index in [0.717, 1.165) is 36.4 Å². The number of nitrogens with zero attached hydrogens (tertiary/aromatic N) is 1. The molecule has 3 nitrogen and oxygen atoms in total. The predicted molar refractivity (Wildman–Crippen MR) is 80.8 cm³/mol. The molecule has 0 atom stereocenters. The number of aryl methyl sites for hydroxylation is 2. The van der Waals surface area contributed by atoms with E-state index in [-0.39, 0.29) is 5.91 Å². The SMILES string of the molecule is O=C(Cc1csc(CCc2ccccc2)n1)NC1CC1. The molecule has 0 saturated heterocycles. The molecule has 1 aliphatic carbocycles. The van der Waals surface area contributed by atoms with Crippen molar-refractivity contribution in [2.24, 2.45) is 0 Å². The van der Waals surface area contributed by atoms with Crippen LogP contribution < -0.4 is 5.32 Å². The van der Waals surface area contributed by atoms with E-state index in [1.807, 2.05) is 11.4 Å². The van der Waals surface area contributed by atoms with Gasteiger partial charge in [0, 0.05) is 17.8 Å². The van der Waals surface area contributed by atoms with Gasteiger partial charge in [-0.1, -0.05) is 30.3 Å². The summed E-state index contributed by atoms with van der Waals surface area (Å²) in [6.45, 7) is 0. The minimum Gasteiger partial charge on any atom is -0.353 e. The Labute approximate surface area is 123 Å². The van der Waals surface area contributed by atoms with Crippen molar-refractivity contribution in [3.05, 3.63) is 52.0 Å². The highest BCUT2D eigenvalue weighted by Gasteiger charge is 2.23. The van der Waals surface area contributed by atoms with Gasteiger partial charge in [0.1, 0.15) is 0 Å². The lowest BCUT2D eigenvalue weighted by Gasteiger charge is -2.00. The number of carbonyl (C=O) groups excluding carboxylic acids is 1. The van der Waals surface area contributed by atoms with Gasteiger partial charge in [0.05, 0.1) is 17.1 Å². The third-order valence-corrected chi connectivity index (χ3v) is 4.31. The smallest absolute Gasteiger partial charge is 0.226 e. The van der Waals surface area contributed by atoms with Crippen LogP contribution in [0.1, 0.15) is 29.1 Å². The molecule has 1 aromatic heterocycles. The third kappa shape index (κ3) is 3.90. The topological polar surface area (TPSA) is 42.0 Å². The molecule has 1 aromatic carbocycles. The average Bonchev–Trinajstić information content (AvgIpc) is 3.15. The van der Waals surface area contributed by atoms with E-state index in [9.17, 15) is 4.79 Å². The Hall–Kier alpha value is -1.68. The zero-order chi connectivity index (χ0) is 13.8. The molecule has 1 saturated carbocycles. The monoisotopic (exact) mass is 286 g/mol. The van der Waals surface area contributed by atoms with Crippen molar-refractivity contribution in [2.45, 2.75) is 38.1 Å². The molecule has 3 rings (SSSR count). The number of aromatic nitrogens is 1. The van der Waals surface area contributed by atoms with E-state index >= 15 is 0 Å². The van der Waals surface area contributed by atoms with Crippen LogP contribution in [-0.2, 0) is 24.1 Å². The number of hydrogen-bond acceptors (Lipinski definition) is 3. The molecule has 1 fully saturated rings. The first-order chi connectivity index (χ1) is 9.79. The van der Waals surface area contributed by atoms with Gasteiger partial charge >= 0.3 is 0 Å². The second-order valence-electron chi connectivity index (χ2n) is 5.24. The van der Waals surface area contributed by atoms with Crippen molar-refractivity contribution in [3.63, 3.8) is 0 Å². The van der Waals surface area contributed by atoms with Crippen molar-refractivity contribution in [3.8, 4) is 0 Å². The average molecular weight is 286 g/mol. The summed E-state index contributed by atoms with van der Waals surface area (Å²) in [7, 11) is 0. The summed E-state index contributed by atoms with van der Waals surface area (Å²) in [5, 5.41) is 6.12. The van der Waals surface area contributed by atoms with Gasteiger partial charge in [-0.3, -0.25) is 4.79 Å². The van der Waals surface area contributed by atoms with Crippen LogP contribution in [0, 0.1) is 0 Å². The largest absolute Gasteiger partial charge is 0.353 e. The van der Waals surface area contributed by atoms with Crippen molar-refractivity contribution < 1.29 is 4.79 Å². The number of thiazole rings is 1. The van der Waals surface area contributed by atoms with Crippen LogP contribution in [0.5, 0.6) is 0 Å². The molecule has 2 aromatic rings. The Bertz CT molecular complexity index is 575. The normalized spacial score (nSPS) is 14.2. The lowest BCUT2D eigenvalue weighted by atomic mass is 10.1. The van der Waals surface area contributed by atoms with Crippen molar-refractivity contribution in [1.29, 1.82) is 0 Å². The molecule has 20 heavy (non-hydrogen) atoms. The number of nitrogens with one attached hydrogen (secondary N) is 1. The highest BCUT2D eigenvalue weighted by Crippen LogP contribution is 2.19. The minimum atomic E-state index is 0.104. The van der Waals surface area contributed by atoms with Crippen LogP contribution >= 0.6 is 11.3 Å². The third-order valence-electron chi connectivity index (χ3n) is 3.35. The van der Waals surface area contributed by atoms with Crippen LogP contribution in [0.25, 0.3) is 0 Å². The lowest BCUT2D eigenvalue weighted by Crippen LogP contribution is -2.27. The van der Waals surface area contributed by atoms with Gasteiger partial charge in [-0.05, 0) is 24.8 Å². The molecule has 104 valence electrons. The fourth-order valence-electron chi connectivity index (χ4n) is 2.11. The fraction of sp³-hybridized carbons (Fsp3) is 0.375. The predicted octanol–water partition coefficient (Wildman–Crippen LogP) is 2.75. The van der Waals surface area contributed by atoms with Crippen molar-refractivity contribution in [1.82, 2.24) is 10.3 Å². The first kappa shape index (κ1) is 13.3. The summed E-state index contributed by atoms with van der Waals surface area (Å²) in [6, 6.07) is 10.9. The summed E-state index contributed by atoms with van der Waals surface area (Å²) < 4.78 is 0. The maximum atomic E-state index is 11.7. The molecular weight excluding hydrogens is 268 g/mol. The van der Waals surface area contributed by atoms with E-state index in [1.165, 1.54) is 5.56 Å². The second-order valence-corrected chi connectivity index (χ2v) is 6.18. The van der Waals surface area contributed by atoms with Crippen LogP contribution in [0.2, 0.25) is 0 Å². The molecule has 0 radical (unpaired) electrons. The summed E-state index contributed by atoms with van der Waals surface area (Å²) in [5.74, 6) is 0.104. The number of carbonyl (C=O) groups is 1. The van der Waals surface area contributed by atoms with E-state index in [0.29, 0.717) is 12.5 Å². The van der Waals surface area contributed by atoms with E-state index in [1.54, 1.807) is 11.3 Å². The van der Waals surface area contributed by atoms with Crippen LogP contribution in [0.3, 0.4) is 0 Å². The van der Waals surface area contributed by atoms with E-state index in [2.05, 4.69) is 34.6 Å². The first-order valence-corrected chi connectivity index (χ1v) is 7.94. The molecule has 1 N–H and O–H groups in total. The molecule has 0 bridgehead atoms. The molecule has 0 aliphatic heterocycles. The Balaban J connectivity index is 1.49. The quantitative estimate of drug-likeness (QED) is 0.887. The number of amides is 1. The first-order valence-electron chi connectivity index (χ1n) is 7.06. The number of hydrogen-bond donors (Lipinski definition) is 1. The zero-order valence-electron chi connectivity index (χ0n) is 11.3. The molecule has 0 unspecified atom stereocenters. The molecule has 4 heteroatoms. The van der Waals surface area contributed by atoms with Crippen molar-refractivity contribution in [2.75, 3.05) is 0 Å². The maximum absolute atomic E-state index is 11.7. The van der Waals surface area contributed by atoms with Gasteiger partial charge in [0.15, 0.2) is 0 Å². The lowest BCUT2D eigenvalue weighted by molar-refractivity contribution is -0.120. The van der Waals surface area contributed by atoms with Crippen LogP contribution in [0.4, 0.5) is 0 Å². The Morgan fingerprint density at radius 3 is 2.80 bits per heavy atom. The molecule has 1 heterocycles. The molecular formula is C16H18N2OS. The molecule has 1 aliphatic rings. The summed E-state index contributed by atoms with van der Waals surface area (Å²) >= 11 is 1.65. The minimum absolute atomic E-state index is 0.104. The van der Waals surface area contributed by atoms with Gasteiger partial charge in [-0.25, -0.2) is 4.98 Å². The van der Waals surface area contributed by atoms with Gasteiger partial charge in [0.25, 0.3) is 0 Å². The maximum Gasteiger partial charge on any atom is 0.226 e. The summed E-state index contributed by atoms with van der Waals surface area (Å²) in [4.78, 5) is 16.3. The van der Waals surface area contributed by atoms with Gasteiger partial charge < -0.3 is 5.32 Å². The molecule has 0 spiro atoms. The Morgan fingerprint density at radius 2 is 2.05 bits per heavy atom. The molecule has 1 amide bonds. The summed E-state index contributed by atoms with van der Waals surface area (Å²) in [5.41, 5.74) is 2.23. The standard InChI is InChI=1S/C16H18N2OS/c19-15(17-13-7-8-13)10-14-11-20-16(18-14)9-6-12-4-2-1-3-5-12/h1-5,11,13H,6-10H2,(H,17,19). The fourth-order valence-corrected chi connectivity index (χ4v) is 2.91. The highest BCUT2D eigenvalue weighted by atomic mass is 32.1. The summed E-state index contributed by atoms with van der Waals surface area (Å²) in [6.07, 6.45) is 4.62.